The first kappa shape index (κ1) is 98.7. The number of esters is 3. The number of nitrogens with zero attached hydrogens (tertiary/aromatic N) is 19. The van der Waals surface area contributed by atoms with E-state index in [2.05, 4.69) is 89.5 Å². The number of carboxylic acid groups (broad SMARTS) is 1. The summed E-state index contributed by atoms with van der Waals surface area (Å²) in [5.41, 5.74) is -0.853. The number of hydrogen-bond acceptors (Lipinski definition) is 32. The number of pyridine rings is 1. The summed E-state index contributed by atoms with van der Waals surface area (Å²) >= 11 is 5.43. The molecule has 4 saturated carbocycles. The van der Waals surface area contributed by atoms with Gasteiger partial charge in [0.2, 0.25) is 0 Å². The van der Waals surface area contributed by atoms with Crippen molar-refractivity contribution in [3.8, 4) is 0 Å². The van der Waals surface area contributed by atoms with Gasteiger partial charge in [0.1, 0.15) is 62.2 Å². The first-order valence-electron chi connectivity index (χ1n) is 42.3. The molecule has 4 spiro atoms. The van der Waals surface area contributed by atoms with Crippen LogP contribution in [0.2, 0.25) is 5.15 Å². The Balaban J connectivity index is 0.000000172. The predicted octanol–water partition coefficient (Wildman–Crippen LogP) is 8.56. The summed E-state index contributed by atoms with van der Waals surface area (Å²) in [5, 5.41) is 17.1. The monoisotopic (exact) mass is 1790 g/mol. The van der Waals surface area contributed by atoms with Gasteiger partial charge in [-0.05, 0) is 193 Å². The fraction of sp³-hybridized carbons (Fsp3) is 0.586. The number of nitrogens with one attached hydrogen (secondary N) is 2. The molecule has 686 valence electrons. The molecule has 128 heavy (non-hydrogen) atoms. The molecular weight excluding hydrogens is 1670 g/mol. The quantitative estimate of drug-likeness (QED) is 0.0584. The SMILES string of the molecule is CN(c1cnc(C(=O)[O-])cn1)C1CCN(C(=O)OC(C)(C)C)C2(CC2)C1.COC(=O)c1cnc(Cl)cn1.COC(=O)c1cnc(N(C)C2CCN(C(=O)OC(C)(C)C)C3(CC3)C2)cn1.COC(=O)c1cnc(NC2CCN(C(=O)OC(C)(C)C)C3(CC3)C2)cn1.Cc1cn2cc(NC(=O)c3cnc(N(C)C4CCN(C(=O)OC(C)(C)C)C5(CC5)C4)cn3)cc(F)c2n1.[Li+]. The van der Waals surface area contributed by atoms with Crippen LogP contribution >= 0.6 is 11.6 Å². The number of imidazole rings is 1. The van der Waals surface area contributed by atoms with Gasteiger partial charge in [-0.3, -0.25) is 4.79 Å². The molecule has 7 aromatic heterocycles. The zero-order chi connectivity index (χ0) is 92.7. The Morgan fingerprint density at radius 3 is 1.11 bits per heavy atom. The maximum Gasteiger partial charge on any atom is 1.00 e. The van der Waals surface area contributed by atoms with Crippen molar-refractivity contribution in [3.63, 3.8) is 0 Å². The number of carbonyl (C=O) groups is 9. The summed E-state index contributed by atoms with van der Waals surface area (Å²) < 4.78 is 51.9. The summed E-state index contributed by atoms with van der Waals surface area (Å²) in [6.07, 6.45) is 31.0. The van der Waals surface area contributed by atoms with Gasteiger partial charge in [-0.25, -0.2) is 92.8 Å². The molecule has 4 atom stereocenters. The number of aromatic nitrogens is 12. The molecule has 4 aliphatic heterocycles. The Bertz CT molecular complexity index is 5100. The molecule has 11 heterocycles. The molecule has 41 heteroatoms. The van der Waals surface area contributed by atoms with Gasteiger partial charge in [-0.1, -0.05) is 11.6 Å². The van der Waals surface area contributed by atoms with Crippen LogP contribution in [0.4, 0.5) is 52.5 Å². The average Bonchev–Trinajstić information content (AvgIpc) is 1.60. The number of likely N-dealkylation sites (tertiary alicyclic amines) is 4. The number of hydrogen-bond donors (Lipinski definition) is 2. The molecule has 4 saturated heterocycles. The minimum absolute atomic E-state index is 0. The molecule has 7 aromatic rings. The van der Waals surface area contributed by atoms with Gasteiger partial charge in [-0.2, -0.15) is 0 Å². The number of aromatic carboxylic acids is 1. The molecule has 5 amide bonds. The van der Waals surface area contributed by atoms with Gasteiger partial charge < -0.3 is 92.4 Å². The number of aryl methyl sites for hydroxylation is 1. The number of rotatable bonds is 14. The smallest absolute Gasteiger partial charge is 0.543 e. The van der Waals surface area contributed by atoms with Gasteiger partial charge >= 0.3 is 61.1 Å². The van der Waals surface area contributed by atoms with E-state index in [4.69, 9.17) is 30.5 Å². The number of amides is 5. The number of methoxy groups -OCH3 is 3. The number of piperidine rings is 4. The Morgan fingerprint density at radius 1 is 0.453 bits per heavy atom. The Labute approximate surface area is 760 Å². The molecular formula is C87H116ClFLiN21O17. The molecule has 0 bridgehead atoms. The Kier molecular flexibility index (Phi) is 30.9. The predicted molar refractivity (Wildman–Crippen MR) is 462 cm³/mol. The first-order valence-corrected chi connectivity index (χ1v) is 42.7. The number of ether oxygens (including phenoxy) is 7. The van der Waals surface area contributed by atoms with E-state index in [0.717, 1.165) is 103 Å². The third-order valence-electron chi connectivity index (χ3n) is 23.1. The fourth-order valence-electron chi connectivity index (χ4n) is 16.0. The average molecular weight is 1790 g/mol. The van der Waals surface area contributed by atoms with Crippen LogP contribution in [0.3, 0.4) is 0 Å². The summed E-state index contributed by atoms with van der Waals surface area (Å²) in [6.45, 7) is 26.9. The second-order valence-electron chi connectivity index (χ2n) is 37.2. The maximum atomic E-state index is 14.3. The van der Waals surface area contributed by atoms with Crippen molar-refractivity contribution in [3.05, 3.63) is 126 Å². The topological polar surface area (TPSA) is 434 Å². The van der Waals surface area contributed by atoms with Crippen molar-refractivity contribution in [1.29, 1.82) is 0 Å². The number of carboxylic acids is 1. The largest absolute Gasteiger partial charge is 1.00 e. The zero-order valence-corrected chi connectivity index (χ0v) is 77.4. The van der Waals surface area contributed by atoms with E-state index in [0.29, 0.717) is 60.8 Å². The molecule has 4 unspecified atom stereocenters. The van der Waals surface area contributed by atoms with Crippen LogP contribution in [-0.2, 0) is 33.2 Å². The van der Waals surface area contributed by atoms with Crippen LogP contribution in [0.5, 0.6) is 0 Å². The van der Waals surface area contributed by atoms with Gasteiger partial charge in [0.15, 0.2) is 28.5 Å². The van der Waals surface area contributed by atoms with E-state index in [1.54, 1.807) is 31.7 Å². The van der Waals surface area contributed by atoms with Crippen LogP contribution in [0.1, 0.15) is 244 Å². The van der Waals surface area contributed by atoms with Crippen LogP contribution in [0.15, 0.2) is 80.4 Å². The van der Waals surface area contributed by atoms with Crippen molar-refractivity contribution >= 4 is 100 Å². The fourth-order valence-corrected chi connectivity index (χ4v) is 16.1. The Morgan fingerprint density at radius 2 is 0.789 bits per heavy atom. The number of carbonyl (C=O) groups excluding carboxylic acids is 9. The van der Waals surface area contributed by atoms with Gasteiger partial charge in [0, 0.05) is 112 Å². The van der Waals surface area contributed by atoms with E-state index in [9.17, 15) is 52.6 Å². The van der Waals surface area contributed by atoms with Crippen molar-refractivity contribution in [1.82, 2.24) is 78.8 Å². The van der Waals surface area contributed by atoms with E-state index in [-0.39, 0.29) is 129 Å². The van der Waals surface area contributed by atoms with Crippen LogP contribution in [-0.4, -0.2) is 270 Å². The van der Waals surface area contributed by atoms with E-state index in [1.165, 1.54) is 81.4 Å². The maximum absolute atomic E-state index is 14.3. The first-order chi connectivity index (χ1) is 59.7. The van der Waals surface area contributed by atoms with Crippen molar-refractivity contribution in [2.24, 2.45) is 0 Å². The standard InChI is InChI=1S/C26H32FN7O3.C19H28N4O4.2C18H26N4O4.C6H5ClN2O2.Li/c1-16-14-33-15-17(10-19(27)22(33)30-16)31-23(35)20-12-29-21(13-28-20)32(5)18-6-9-34(26(11-18)7-8-26)24(36)37-25(2,3)4;1-18(2,3)27-17(25)23-9-6-13(10-19(23)7-8-19)22(4)15-12-20-14(11-21-15)16(24)26-5;1-17(2,3)26-16(24)22-8-5-12(9-18(22)6-7-18)21-14-11-19-13(10-20-14)15(23)25-4;1-17(2,3)26-16(25)22-8-5-12(9-18(22)6-7-18)21(4)14-11-19-13(10-20-14)15(23)24;1-11-6(10)4-2-9-5(7)3-8-4;/h10,12-15,18H,6-9,11H2,1-5H3,(H,31,35);11-13H,6-10H2,1-5H3;10-12H,5-9H2,1-4H3,(H,20,21);10-12H,5-9H2,1-4H3,(H,23,24);2-3H,1H3;/q;;;;;+1/p-1. The second-order valence-corrected chi connectivity index (χ2v) is 37.6. The van der Waals surface area contributed by atoms with Crippen LogP contribution in [0.25, 0.3) is 5.65 Å². The molecule has 4 aliphatic carbocycles. The normalized spacial score (nSPS) is 19.3. The second kappa shape index (κ2) is 40.1. The van der Waals surface area contributed by atoms with Crippen molar-refractivity contribution in [2.45, 2.75) is 261 Å². The van der Waals surface area contributed by atoms with Crippen LogP contribution < -0.4 is 49.3 Å². The van der Waals surface area contributed by atoms with Gasteiger partial charge in [0.25, 0.3) is 5.91 Å². The van der Waals surface area contributed by atoms with Gasteiger partial charge in [-0.15, -0.1) is 0 Å². The number of halogens is 2. The third kappa shape index (κ3) is 25.5. The Hall–Kier alpha value is -11.5. The van der Waals surface area contributed by atoms with E-state index in [1.807, 2.05) is 129 Å². The third-order valence-corrected chi connectivity index (χ3v) is 23.3. The molecule has 0 aromatic carbocycles. The summed E-state index contributed by atoms with van der Waals surface area (Å²) in [4.78, 5) is 166. The van der Waals surface area contributed by atoms with Crippen LogP contribution in [0, 0.1) is 12.7 Å². The molecule has 2 N–H and O–H groups in total. The molecule has 38 nitrogen and oxygen atoms in total. The molecule has 0 radical (unpaired) electrons. The van der Waals surface area contributed by atoms with Crippen molar-refractivity contribution < 1.29 is 105 Å². The molecule has 8 aliphatic rings. The van der Waals surface area contributed by atoms with E-state index >= 15 is 0 Å². The minimum atomic E-state index is -1.34. The summed E-state index contributed by atoms with van der Waals surface area (Å²) in [7, 11) is 9.76. The molecule has 15 rings (SSSR count). The van der Waals surface area contributed by atoms with E-state index < -0.39 is 58.0 Å². The summed E-state index contributed by atoms with van der Waals surface area (Å²) in [6, 6.07) is 2.08. The molecule has 8 fully saturated rings. The van der Waals surface area contributed by atoms with Crippen molar-refractivity contribution in [2.75, 3.05) is 94.0 Å². The summed E-state index contributed by atoms with van der Waals surface area (Å²) in [5.74, 6) is -1.31. The zero-order valence-electron chi connectivity index (χ0n) is 76.7. The minimum Gasteiger partial charge on any atom is -0.543 e. The van der Waals surface area contributed by atoms with Gasteiger partial charge in [0.05, 0.1) is 101 Å². The number of fused-ring (bicyclic) bond motifs is 1. The number of anilines is 5.